The Bertz CT molecular complexity index is 406. The van der Waals surface area contributed by atoms with Crippen molar-refractivity contribution in [2.75, 3.05) is 38.7 Å². The molecule has 4 nitrogen and oxygen atoms in total. The molecule has 1 unspecified atom stereocenters. The van der Waals surface area contributed by atoms with Gasteiger partial charge in [-0.3, -0.25) is 4.98 Å². The molecule has 1 aromatic heterocycles. The summed E-state index contributed by atoms with van der Waals surface area (Å²) in [7, 11) is 2.20. The van der Waals surface area contributed by atoms with Gasteiger partial charge in [-0.1, -0.05) is 0 Å². The Kier molecular flexibility index (Phi) is 4.53. The van der Waals surface area contributed by atoms with E-state index in [0.717, 1.165) is 25.3 Å². The quantitative estimate of drug-likeness (QED) is 0.919. The molecule has 0 bridgehead atoms. The highest BCUT2D eigenvalue weighted by atomic mass is 16.5. The van der Waals surface area contributed by atoms with Gasteiger partial charge < -0.3 is 15.0 Å². The van der Waals surface area contributed by atoms with Crippen molar-refractivity contribution in [1.82, 2.24) is 9.88 Å². The molecule has 2 saturated heterocycles. The van der Waals surface area contributed by atoms with Gasteiger partial charge in [0.2, 0.25) is 0 Å². The predicted molar refractivity (Wildman–Crippen MR) is 81.2 cm³/mol. The van der Waals surface area contributed by atoms with Crippen LogP contribution < -0.4 is 5.32 Å². The summed E-state index contributed by atoms with van der Waals surface area (Å²) >= 11 is 0. The highest BCUT2D eigenvalue weighted by Gasteiger charge is 2.19. The minimum absolute atomic E-state index is 0.444. The van der Waals surface area contributed by atoms with Crippen LogP contribution in [-0.4, -0.2) is 49.3 Å². The van der Waals surface area contributed by atoms with E-state index in [2.05, 4.69) is 34.4 Å². The lowest BCUT2D eigenvalue weighted by Crippen LogP contribution is -2.30. The molecule has 0 amide bonds. The third-order valence-corrected chi connectivity index (χ3v) is 4.45. The summed E-state index contributed by atoms with van der Waals surface area (Å²) in [5.41, 5.74) is 2.38. The van der Waals surface area contributed by atoms with Crippen molar-refractivity contribution < 1.29 is 4.74 Å². The number of rotatable bonds is 3. The third-order valence-electron chi connectivity index (χ3n) is 4.45. The molecule has 0 spiro atoms. The molecule has 4 heteroatoms. The van der Waals surface area contributed by atoms with Crippen molar-refractivity contribution in [3.8, 4) is 0 Å². The first kappa shape index (κ1) is 13.8. The molecule has 1 N–H and O–H groups in total. The van der Waals surface area contributed by atoms with E-state index in [0.29, 0.717) is 12.0 Å². The molecule has 0 aliphatic carbocycles. The first-order valence-corrected chi connectivity index (χ1v) is 7.80. The summed E-state index contributed by atoms with van der Waals surface area (Å²) in [6.45, 7) is 4.10. The van der Waals surface area contributed by atoms with Crippen LogP contribution in [0.5, 0.6) is 0 Å². The van der Waals surface area contributed by atoms with Gasteiger partial charge in [0.05, 0.1) is 18.5 Å². The van der Waals surface area contributed by atoms with E-state index in [1.165, 1.54) is 38.0 Å². The second kappa shape index (κ2) is 6.55. The van der Waals surface area contributed by atoms with E-state index in [4.69, 9.17) is 4.74 Å². The van der Waals surface area contributed by atoms with Gasteiger partial charge in [0.15, 0.2) is 0 Å². The molecular formula is C16H25N3O. The van der Waals surface area contributed by atoms with Gasteiger partial charge in [0, 0.05) is 24.3 Å². The largest absolute Gasteiger partial charge is 0.379 e. The molecule has 1 aromatic rings. The number of piperidine rings is 1. The Hall–Kier alpha value is -1.13. The third kappa shape index (κ3) is 3.49. The number of nitrogens with zero attached hydrogens (tertiary/aromatic N) is 2. The molecule has 2 aliphatic rings. The fourth-order valence-electron chi connectivity index (χ4n) is 3.13. The van der Waals surface area contributed by atoms with Crippen molar-refractivity contribution in [2.45, 2.75) is 37.6 Å². The first-order chi connectivity index (χ1) is 9.81. The Labute approximate surface area is 121 Å². The minimum Gasteiger partial charge on any atom is -0.379 e. The number of anilines is 1. The van der Waals surface area contributed by atoms with Gasteiger partial charge in [0.25, 0.3) is 0 Å². The molecule has 3 rings (SSSR count). The van der Waals surface area contributed by atoms with Crippen molar-refractivity contribution >= 4 is 5.69 Å². The van der Waals surface area contributed by atoms with Crippen LogP contribution >= 0.6 is 0 Å². The Morgan fingerprint density at radius 2 is 2.10 bits per heavy atom. The molecular weight excluding hydrogens is 250 g/mol. The minimum atomic E-state index is 0.444. The zero-order valence-corrected chi connectivity index (χ0v) is 12.3. The zero-order chi connectivity index (χ0) is 13.8. The molecule has 20 heavy (non-hydrogen) atoms. The van der Waals surface area contributed by atoms with Crippen LogP contribution in [0.25, 0.3) is 0 Å². The SMILES string of the molecule is CN1CCC(c2ccc(NC3CCCOC3)cn2)CC1. The molecule has 0 saturated carbocycles. The predicted octanol–water partition coefficient (Wildman–Crippen LogP) is 2.48. The van der Waals surface area contributed by atoms with Crippen LogP contribution in [0.4, 0.5) is 5.69 Å². The number of aromatic nitrogens is 1. The summed E-state index contributed by atoms with van der Waals surface area (Å²) in [4.78, 5) is 7.07. The van der Waals surface area contributed by atoms with E-state index in [1.807, 2.05) is 6.20 Å². The molecule has 2 fully saturated rings. The van der Waals surface area contributed by atoms with Crippen LogP contribution in [0.1, 0.15) is 37.3 Å². The molecule has 0 radical (unpaired) electrons. The topological polar surface area (TPSA) is 37.4 Å². The fraction of sp³-hybridized carbons (Fsp3) is 0.688. The van der Waals surface area contributed by atoms with E-state index in [9.17, 15) is 0 Å². The van der Waals surface area contributed by atoms with E-state index >= 15 is 0 Å². The van der Waals surface area contributed by atoms with Gasteiger partial charge in [-0.2, -0.15) is 0 Å². The number of nitrogens with one attached hydrogen (secondary N) is 1. The lowest BCUT2D eigenvalue weighted by molar-refractivity contribution is 0.0876. The molecule has 3 heterocycles. The maximum atomic E-state index is 5.50. The summed E-state index contributed by atoms with van der Waals surface area (Å²) in [5.74, 6) is 0.637. The Morgan fingerprint density at radius 1 is 1.25 bits per heavy atom. The standard InChI is InChI=1S/C16H25N3O/c1-19-8-6-13(7-9-19)16-5-4-14(11-17-16)18-15-3-2-10-20-12-15/h4-5,11,13,15,18H,2-3,6-10,12H2,1H3. The van der Waals surface area contributed by atoms with Crippen LogP contribution in [-0.2, 0) is 4.74 Å². The van der Waals surface area contributed by atoms with Crippen molar-refractivity contribution in [3.05, 3.63) is 24.0 Å². The average Bonchev–Trinajstić information content (AvgIpc) is 2.50. The summed E-state index contributed by atoms with van der Waals surface area (Å²) in [6, 6.07) is 4.82. The maximum absolute atomic E-state index is 5.50. The van der Waals surface area contributed by atoms with Crippen LogP contribution in [0.3, 0.4) is 0 Å². The smallest absolute Gasteiger partial charge is 0.0667 e. The van der Waals surface area contributed by atoms with E-state index in [1.54, 1.807) is 0 Å². The summed E-state index contributed by atoms with van der Waals surface area (Å²) < 4.78 is 5.50. The lowest BCUT2D eigenvalue weighted by Gasteiger charge is -2.28. The lowest BCUT2D eigenvalue weighted by atomic mass is 9.93. The maximum Gasteiger partial charge on any atom is 0.0667 e. The number of hydrogen-bond donors (Lipinski definition) is 1. The van der Waals surface area contributed by atoms with Gasteiger partial charge in [-0.15, -0.1) is 0 Å². The number of pyridine rings is 1. The van der Waals surface area contributed by atoms with E-state index in [-0.39, 0.29) is 0 Å². The highest BCUT2D eigenvalue weighted by Crippen LogP contribution is 2.26. The summed E-state index contributed by atoms with van der Waals surface area (Å²) in [6.07, 6.45) is 6.79. The van der Waals surface area contributed by atoms with Crippen molar-refractivity contribution in [1.29, 1.82) is 0 Å². The first-order valence-electron chi connectivity index (χ1n) is 7.80. The van der Waals surface area contributed by atoms with Crippen LogP contribution in [0, 0.1) is 0 Å². The van der Waals surface area contributed by atoms with Gasteiger partial charge in [0.1, 0.15) is 0 Å². The second-order valence-electron chi connectivity index (χ2n) is 6.11. The van der Waals surface area contributed by atoms with Gasteiger partial charge in [-0.25, -0.2) is 0 Å². The van der Waals surface area contributed by atoms with Crippen molar-refractivity contribution in [2.24, 2.45) is 0 Å². The van der Waals surface area contributed by atoms with Crippen LogP contribution in [0.15, 0.2) is 18.3 Å². The van der Waals surface area contributed by atoms with E-state index < -0.39 is 0 Å². The summed E-state index contributed by atoms with van der Waals surface area (Å²) in [5, 5.41) is 3.52. The molecule has 2 aliphatic heterocycles. The second-order valence-corrected chi connectivity index (χ2v) is 6.11. The normalized spacial score (nSPS) is 25.6. The molecule has 0 aromatic carbocycles. The zero-order valence-electron chi connectivity index (χ0n) is 12.3. The molecule has 110 valence electrons. The number of ether oxygens (including phenoxy) is 1. The highest BCUT2D eigenvalue weighted by molar-refractivity contribution is 5.42. The fourth-order valence-corrected chi connectivity index (χ4v) is 3.13. The average molecular weight is 275 g/mol. The van der Waals surface area contributed by atoms with Crippen LogP contribution in [0.2, 0.25) is 0 Å². The van der Waals surface area contributed by atoms with Gasteiger partial charge >= 0.3 is 0 Å². The Balaban J connectivity index is 1.56. The number of hydrogen-bond acceptors (Lipinski definition) is 4. The van der Waals surface area contributed by atoms with Crippen molar-refractivity contribution in [3.63, 3.8) is 0 Å². The Morgan fingerprint density at radius 3 is 2.75 bits per heavy atom. The number of likely N-dealkylation sites (tertiary alicyclic amines) is 1. The molecule has 1 atom stereocenters. The monoisotopic (exact) mass is 275 g/mol. The van der Waals surface area contributed by atoms with Gasteiger partial charge in [-0.05, 0) is 58.0 Å².